The zero-order valence-corrected chi connectivity index (χ0v) is 11.3. The fraction of sp³-hybridized carbons (Fsp3) is 1.00. The summed E-state index contributed by atoms with van der Waals surface area (Å²) in [5.74, 6) is 0.968. The number of rotatable bonds is 4. The van der Waals surface area contributed by atoms with Crippen LogP contribution in [-0.4, -0.2) is 43.2 Å². The molecule has 0 atom stereocenters. The van der Waals surface area contributed by atoms with Crippen LogP contribution in [0.25, 0.3) is 0 Å². The van der Waals surface area contributed by atoms with Crippen LogP contribution >= 0.6 is 0 Å². The molecule has 3 heteroatoms. The van der Waals surface area contributed by atoms with Crippen molar-refractivity contribution < 1.29 is 0 Å². The molecule has 1 aliphatic carbocycles. The second-order valence-corrected chi connectivity index (χ2v) is 5.97. The lowest BCUT2D eigenvalue weighted by Gasteiger charge is -2.40. The van der Waals surface area contributed by atoms with E-state index in [2.05, 4.69) is 17.1 Å². The minimum Gasteiger partial charge on any atom is -0.329 e. The van der Waals surface area contributed by atoms with Gasteiger partial charge in [-0.1, -0.05) is 6.92 Å². The number of hydrogen-bond acceptors (Lipinski definition) is 3. The van der Waals surface area contributed by atoms with Crippen LogP contribution in [0.5, 0.6) is 0 Å². The molecular formula is C14H29N3. The van der Waals surface area contributed by atoms with Gasteiger partial charge in [-0.15, -0.1) is 0 Å². The maximum Gasteiger partial charge on any atom is 0.00954 e. The third-order valence-corrected chi connectivity index (χ3v) is 4.61. The lowest BCUT2D eigenvalue weighted by molar-refractivity contribution is 0.105. The Morgan fingerprint density at radius 2 is 1.71 bits per heavy atom. The molecule has 3 nitrogen and oxygen atoms in total. The zero-order valence-electron chi connectivity index (χ0n) is 11.3. The van der Waals surface area contributed by atoms with Gasteiger partial charge < -0.3 is 16.0 Å². The highest BCUT2D eigenvalue weighted by atomic mass is 15.2. The lowest BCUT2D eigenvalue weighted by atomic mass is 9.85. The molecule has 0 aromatic rings. The molecule has 0 radical (unpaired) electrons. The van der Waals surface area contributed by atoms with Gasteiger partial charge in [0, 0.05) is 25.2 Å². The molecule has 3 N–H and O–H groups in total. The second-order valence-electron chi connectivity index (χ2n) is 5.97. The first-order valence-electron chi connectivity index (χ1n) is 7.47. The van der Waals surface area contributed by atoms with Gasteiger partial charge in [0.25, 0.3) is 0 Å². The Bertz CT molecular complexity index is 204. The van der Waals surface area contributed by atoms with Gasteiger partial charge in [0.1, 0.15) is 0 Å². The normalized spacial score (nSPS) is 32.8. The highest BCUT2D eigenvalue weighted by Gasteiger charge is 2.27. The zero-order chi connectivity index (χ0) is 12.1. The summed E-state index contributed by atoms with van der Waals surface area (Å²) >= 11 is 0. The molecule has 0 aromatic heterocycles. The fourth-order valence-electron chi connectivity index (χ4n) is 3.36. The smallest absolute Gasteiger partial charge is 0.00954 e. The lowest BCUT2D eigenvalue weighted by Crippen LogP contribution is -2.48. The van der Waals surface area contributed by atoms with Crippen LogP contribution in [-0.2, 0) is 0 Å². The van der Waals surface area contributed by atoms with Crippen LogP contribution in [0.15, 0.2) is 0 Å². The first-order valence-corrected chi connectivity index (χ1v) is 7.47. The van der Waals surface area contributed by atoms with Crippen LogP contribution in [0, 0.1) is 5.92 Å². The van der Waals surface area contributed by atoms with E-state index in [0.29, 0.717) is 0 Å². The van der Waals surface area contributed by atoms with Crippen molar-refractivity contribution >= 4 is 0 Å². The van der Waals surface area contributed by atoms with Crippen molar-refractivity contribution in [2.24, 2.45) is 11.7 Å². The Labute approximate surface area is 106 Å². The fourth-order valence-corrected chi connectivity index (χ4v) is 3.36. The van der Waals surface area contributed by atoms with E-state index in [1.54, 1.807) is 0 Å². The summed E-state index contributed by atoms with van der Waals surface area (Å²) in [6.45, 7) is 6.73. The van der Waals surface area contributed by atoms with Crippen molar-refractivity contribution in [2.75, 3.05) is 26.2 Å². The monoisotopic (exact) mass is 239 g/mol. The van der Waals surface area contributed by atoms with E-state index in [1.165, 1.54) is 51.6 Å². The molecule has 1 heterocycles. The van der Waals surface area contributed by atoms with Crippen molar-refractivity contribution in [1.82, 2.24) is 10.2 Å². The predicted octanol–water partition coefficient (Wildman–Crippen LogP) is 1.58. The standard InChI is InChI=1S/C14H29N3/c1-12-2-4-14(5-3-12)17-10-6-13(7-11-17)16-9-8-15/h12-14,16H,2-11,15H2,1H3/t12-,14+. The number of nitrogens with zero attached hydrogens (tertiary/aromatic N) is 1. The number of nitrogens with two attached hydrogens (primary N) is 1. The SMILES string of the molecule is C[C@H]1CC[C@@H](N2CCC(NCCN)CC2)CC1. The molecule has 2 fully saturated rings. The average Bonchev–Trinajstić information content (AvgIpc) is 2.38. The predicted molar refractivity (Wildman–Crippen MR) is 73.1 cm³/mol. The van der Waals surface area contributed by atoms with Gasteiger partial charge in [-0.3, -0.25) is 0 Å². The second kappa shape index (κ2) is 6.72. The number of likely N-dealkylation sites (tertiary alicyclic amines) is 1. The topological polar surface area (TPSA) is 41.3 Å². The summed E-state index contributed by atoms with van der Waals surface area (Å²) < 4.78 is 0. The van der Waals surface area contributed by atoms with Crippen LogP contribution in [0.2, 0.25) is 0 Å². The third kappa shape index (κ3) is 3.94. The Balaban J connectivity index is 1.68. The molecule has 0 bridgehead atoms. The number of piperidine rings is 1. The van der Waals surface area contributed by atoms with E-state index < -0.39 is 0 Å². The van der Waals surface area contributed by atoms with Crippen molar-refractivity contribution in [3.05, 3.63) is 0 Å². The summed E-state index contributed by atoms with van der Waals surface area (Å²) in [6.07, 6.45) is 8.37. The molecule has 17 heavy (non-hydrogen) atoms. The van der Waals surface area contributed by atoms with Gasteiger partial charge in [0.2, 0.25) is 0 Å². The molecule has 1 aliphatic heterocycles. The molecule has 0 unspecified atom stereocenters. The Morgan fingerprint density at radius 1 is 1.06 bits per heavy atom. The first-order chi connectivity index (χ1) is 8.29. The Morgan fingerprint density at radius 3 is 2.29 bits per heavy atom. The van der Waals surface area contributed by atoms with Gasteiger partial charge in [0.05, 0.1) is 0 Å². The maximum atomic E-state index is 5.53. The Kier molecular flexibility index (Phi) is 5.26. The summed E-state index contributed by atoms with van der Waals surface area (Å²) in [7, 11) is 0. The largest absolute Gasteiger partial charge is 0.329 e. The van der Waals surface area contributed by atoms with Crippen molar-refractivity contribution in [2.45, 2.75) is 57.5 Å². The van der Waals surface area contributed by atoms with E-state index in [-0.39, 0.29) is 0 Å². The van der Waals surface area contributed by atoms with E-state index in [9.17, 15) is 0 Å². The van der Waals surface area contributed by atoms with E-state index in [1.807, 2.05) is 0 Å². The van der Waals surface area contributed by atoms with E-state index in [0.717, 1.165) is 31.1 Å². The molecule has 1 saturated carbocycles. The van der Waals surface area contributed by atoms with Gasteiger partial charge in [-0.2, -0.15) is 0 Å². The third-order valence-electron chi connectivity index (χ3n) is 4.61. The molecule has 0 spiro atoms. The maximum absolute atomic E-state index is 5.53. The molecule has 100 valence electrons. The van der Waals surface area contributed by atoms with Crippen LogP contribution < -0.4 is 11.1 Å². The number of nitrogens with one attached hydrogen (secondary N) is 1. The molecule has 2 rings (SSSR count). The van der Waals surface area contributed by atoms with Crippen molar-refractivity contribution in [1.29, 1.82) is 0 Å². The van der Waals surface area contributed by atoms with Gasteiger partial charge in [-0.05, 0) is 57.5 Å². The molecular weight excluding hydrogens is 210 g/mol. The summed E-state index contributed by atoms with van der Waals surface area (Å²) in [6, 6.07) is 1.61. The van der Waals surface area contributed by atoms with Crippen LogP contribution in [0.1, 0.15) is 45.4 Å². The molecule has 1 saturated heterocycles. The van der Waals surface area contributed by atoms with Crippen molar-refractivity contribution in [3.8, 4) is 0 Å². The van der Waals surface area contributed by atoms with Gasteiger partial charge in [-0.25, -0.2) is 0 Å². The van der Waals surface area contributed by atoms with Crippen molar-refractivity contribution in [3.63, 3.8) is 0 Å². The first kappa shape index (κ1) is 13.3. The minimum atomic E-state index is 0.720. The molecule has 0 aromatic carbocycles. The summed E-state index contributed by atoms with van der Waals surface area (Å²) in [5, 5.41) is 3.55. The highest BCUT2D eigenvalue weighted by Crippen LogP contribution is 2.28. The van der Waals surface area contributed by atoms with Gasteiger partial charge >= 0.3 is 0 Å². The summed E-state index contributed by atoms with van der Waals surface area (Å²) in [4.78, 5) is 2.74. The van der Waals surface area contributed by atoms with E-state index >= 15 is 0 Å². The molecule has 2 aliphatic rings. The number of hydrogen-bond donors (Lipinski definition) is 2. The summed E-state index contributed by atoms with van der Waals surface area (Å²) in [5.41, 5.74) is 5.53. The van der Waals surface area contributed by atoms with Gasteiger partial charge in [0.15, 0.2) is 0 Å². The average molecular weight is 239 g/mol. The van der Waals surface area contributed by atoms with Crippen LogP contribution in [0.3, 0.4) is 0 Å². The quantitative estimate of drug-likeness (QED) is 0.782. The Hall–Kier alpha value is -0.120. The highest BCUT2D eigenvalue weighted by molar-refractivity contribution is 4.84. The van der Waals surface area contributed by atoms with E-state index in [4.69, 9.17) is 5.73 Å². The van der Waals surface area contributed by atoms with Crippen LogP contribution in [0.4, 0.5) is 0 Å². The molecule has 0 amide bonds. The minimum absolute atomic E-state index is 0.720.